The quantitative estimate of drug-likeness (QED) is 0.594. The molecule has 2 aromatic carbocycles. The Morgan fingerprint density at radius 2 is 1.78 bits per heavy atom. The molecule has 0 atom stereocenters. The minimum absolute atomic E-state index is 0.181. The average molecular weight is 365 g/mol. The van der Waals surface area contributed by atoms with Crippen LogP contribution in [0.25, 0.3) is 17.0 Å². The van der Waals surface area contributed by atoms with Gasteiger partial charge >= 0.3 is 5.97 Å². The summed E-state index contributed by atoms with van der Waals surface area (Å²) in [7, 11) is 0. The number of nitrogens with zero attached hydrogens (tertiary/aromatic N) is 3. The molecule has 0 fully saturated rings. The number of aromatic carboxylic acids is 1. The maximum absolute atomic E-state index is 13.9. The number of benzene rings is 2. The zero-order chi connectivity index (χ0) is 19.0. The van der Waals surface area contributed by atoms with Crippen molar-refractivity contribution < 1.29 is 18.7 Å². The Morgan fingerprint density at radius 3 is 2.48 bits per heavy atom. The third kappa shape index (κ3) is 3.27. The van der Waals surface area contributed by atoms with Gasteiger partial charge in [0.1, 0.15) is 11.6 Å². The van der Waals surface area contributed by atoms with Gasteiger partial charge in [0, 0.05) is 24.2 Å². The zero-order valence-electron chi connectivity index (χ0n) is 13.9. The van der Waals surface area contributed by atoms with Gasteiger partial charge in [-0.2, -0.15) is 0 Å². The number of fused-ring (bicyclic) bond motifs is 1. The van der Waals surface area contributed by atoms with Crippen molar-refractivity contribution in [3.63, 3.8) is 0 Å². The largest absolute Gasteiger partial charge is 0.478 e. The summed E-state index contributed by atoms with van der Waals surface area (Å²) >= 11 is 0. The molecular weight excluding hydrogens is 352 g/mol. The fourth-order valence-electron chi connectivity index (χ4n) is 2.88. The van der Waals surface area contributed by atoms with Crippen molar-refractivity contribution in [2.24, 2.45) is 0 Å². The fraction of sp³-hybridized carbons (Fsp3) is 0.0500. The Balaban J connectivity index is 1.71. The standard InChI is InChI=1S/C20H13F2N3O2/c21-16-7-6-15(17(22)10-16)9-12-1-8-18-23-24-19(25(18)11-12)13-2-4-14(5-3-13)20(26)27/h1-8,10-11H,9H2,(H,26,27). The normalized spacial score (nSPS) is 11.0. The van der Waals surface area contributed by atoms with Crippen molar-refractivity contribution in [2.45, 2.75) is 6.42 Å². The maximum atomic E-state index is 13.9. The van der Waals surface area contributed by atoms with Crippen molar-refractivity contribution in [1.82, 2.24) is 14.6 Å². The molecule has 0 spiro atoms. The van der Waals surface area contributed by atoms with E-state index in [9.17, 15) is 13.6 Å². The topological polar surface area (TPSA) is 67.5 Å². The predicted molar refractivity (Wildman–Crippen MR) is 94.5 cm³/mol. The number of carbonyl (C=O) groups is 1. The van der Waals surface area contributed by atoms with Gasteiger partial charge in [-0.15, -0.1) is 10.2 Å². The summed E-state index contributed by atoms with van der Waals surface area (Å²) in [5.41, 5.74) is 2.68. The average Bonchev–Trinajstić information content (AvgIpc) is 3.07. The highest BCUT2D eigenvalue weighted by atomic mass is 19.1. The van der Waals surface area contributed by atoms with E-state index in [0.717, 1.165) is 11.6 Å². The summed E-state index contributed by atoms with van der Waals surface area (Å²) in [5.74, 6) is -1.67. The Labute approximate surface area is 152 Å². The molecule has 2 aromatic heterocycles. The summed E-state index contributed by atoms with van der Waals surface area (Å²) in [6, 6.07) is 13.4. The molecule has 7 heteroatoms. The van der Waals surface area contributed by atoms with Gasteiger partial charge in [0.2, 0.25) is 0 Å². The van der Waals surface area contributed by atoms with Gasteiger partial charge in [0.05, 0.1) is 5.56 Å². The van der Waals surface area contributed by atoms with Crippen LogP contribution >= 0.6 is 0 Å². The number of pyridine rings is 1. The van der Waals surface area contributed by atoms with Crippen LogP contribution in [-0.4, -0.2) is 25.7 Å². The molecule has 0 unspecified atom stereocenters. The first kappa shape index (κ1) is 16.8. The highest BCUT2D eigenvalue weighted by Crippen LogP contribution is 2.21. The van der Waals surface area contributed by atoms with Gasteiger partial charge in [0.15, 0.2) is 11.5 Å². The number of rotatable bonds is 4. The van der Waals surface area contributed by atoms with Crippen LogP contribution in [0.4, 0.5) is 8.78 Å². The number of carboxylic acid groups (broad SMARTS) is 1. The zero-order valence-corrected chi connectivity index (χ0v) is 13.9. The van der Waals surface area contributed by atoms with Crippen LogP contribution in [0, 0.1) is 11.6 Å². The molecule has 0 amide bonds. The molecule has 0 bridgehead atoms. The molecule has 1 N–H and O–H groups in total. The van der Waals surface area contributed by atoms with Crippen molar-refractivity contribution in [3.8, 4) is 11.4 Å². The second-order valence-electron chi connectivity index (χ2n) is 6.08. The Hall–Kier alpha value is -3.61. The third-order valence-corrected chi connectivity index (χ3v) is 4.26. The number of carboxylic acids is 1. The molecule has 5 nitrogen and oxygen atoms in total. The summed E-state index contributed by atoms with van der Waals surface area (Å²) in [4.78, 5) is 11.0. The van der Waals surface area contributed by atoms with Crippen molar-refractivity contribution in [3.05, 3.63) is 89.1 Å². The van der Waals surface area contributed by atoms with Gasteiger partial charge in [0.25, 0.3) is 0 Å². The molecule has 0 saturated heterocycles. The van der Waals surface area contributed by atoms with E-state index in [0.29, 0.717) is 22.6 Å². The molecule has 0 aliphatic heterocycles. The van der Waals surface area contributed by atoms with Gasteiger partial charge in [-0.3, -0.25) is 4.40 Å². The molecule has 0 aliphatic carbocycles. The summed E-state index contributed by atoms with van der Waals surface area (Å²) in [6.07, 6.45) is 2.08. The SMILES string of the molecule is O=C(O)c1ccc(-c2nnc3ccc(Cc4ccc(F)cc4F)cn23)cc1. The highest BCUT2D eigenvalue weighted by molar-refractivity contribution is 5.88. The van der Waals surface area contributed by atoms with Gasteiger partial charge < -0.3 is 5.11 Å². The lowest BCUT2D eigenvalue weighted by Crippen LogP contribution is -1.98. The van der Waals surface area contributed by atoms with E-state index in [1.165, 1.54) is 24.3 Å². The molecule has 4 rings (SSSR count). The predicted octanol–water partition coefficient (Wildman–Crippen LogP) is 3.96. The van der Waals surface area contributed by atoms with Gasteiger partial charge in [-0.05, 0) is 35.4 Å². The number of hydrogen-bond donors (Lipinski definition) is 1. The third-order valence-electron chi connectivity index (χ3n) is 4.26. The Morgan fingerprint density at radius 1 is 1.00 bits per heavy atom. The van der Waals surface area contributed by atoms with E-state index in [1.807, 2.05) is 6.07 Å². The lowest BCUT2D eigenvalue weighted by molar-refractivity contribution is 0.0697. The van der Waals surface area contributed by atoms with Crippen LogP contribution in [0.15, 0.2) is 60.8 Å². The van der Waals surface area contributed by atoms with Crippen molar-refractivity contribution in [1.29, 1.82) is 0 Å². The second-order valence-corrected chi connectivity index (χ2v) is 6.08. The van der Waals surface area contributed by atoms with E-state index >= 15 is 0 Å². The number of halogens is 2. The van der Waals surface area contributed by atoms with Crippen LogP contribution in [-0.2, 0) is 6.42 Å². The molecule has 2 heterocycles. The smallest absolute Gasteiger partial charge is 0.335 e. The Bertz CT molecular complexity index is 1150. The van der Waals surface area contributed by atoms with Crippen molar-refractivity contribution in [2.75, 3.05) is 0 Å². The molecule has 134 valence electrons. The fourth-order valence-corrected chi connectivity index (χ4v) is 2.88. The van der Waals surface area contributed by atoms with Crippen LogP contribution in [0.2, 0.25) is 0 Å². The van der Waals surface area contributed by atoms with Crippen LogP contribution in [0.1, 0.15) is 21.5 Å². The first-order valence-electron chi connectivity index (χ1n) is 8.12. The molecule has 0 aliphatic rings. The van der Waals surface area contributed by atoms with E-state index < -0.39 is 17.6 Å². The maximum Gasteiger partial charge on any atom is 0.335 e. The minimum Gasteiger partial charge on any atom is -0.478 e. The molecule has 27 heavy (non-hydrogen) atoms. The lowest BCUT2D eigenvalue weighted by Gasteiger charge is -2.06. The van der Waals surface area contributed by atoms with E-state index in [2.05, 4.69) is 10.2 Å². The first-order chi connectivity index (χ1) is 13.0. The number of aromatic nitrogens is 3. The van der Waals surface area contributed by atoms with Crippen LogP contribution in [0.3, 0.4) is 0 Å². The molecular formula is C20H13F2N3O2. The van der Waals surface area contributed by atoms with Crippen LogP contribution < -0.4 is 0 Å². The summed E-state index contributed by atoms with van der Waals surface area (Å²) in [5, 5.41) is 17.3. The second kappa shape index (κ2) is 6.60. The van der Waals surface area contributed by atoms with Gasteiger partial charge in [-0.25, -0.2) is 13.6 Å². The minimum atomic E-state index is -1.00. The summed E-state index contributed by atoms with van der Waals surface area (Å²) < 4.78 is 28.7. The first-order valence-corrected chi connectivity index (χ1v) is 8.12. The lowest BCUT2D eigenvalue weighted by atomic mass is 10.1. The van der Waals surface area contributed by atoms with Gasteiger partial charge in [-0.1, -0.05) is 24.3 Å². The highest BCUT2D eigenvalue weighted by Gasteiger charge is 2.11. The van der Waals surface area contributed by atoms with Crippen LogP contribution in [0.5, 0.6) is 0 Å². The van der Waals surface area contributed by atoms with E-state index in [4.69, 9.17) is 5.11 Å². The monoisotopic (exact) mass is 365 g/mol. The number of hydrogen-bond acceptors (Lipinski definition) is 3. The molecule has 0 radical (unpaired) electrons. The van der Waals surface area contributed by atoms with Crippen molar-refractivity contribution >= 4 is 11.6 Å². The summed E-state index contributed by atoms with van der Waals surface area (Å²) in [6.45, 7) is 0. The molecule has 0 saturated carbocycles. The van der Waals surface area contributed by atoms with E-state index in [1.54, 1.807) is 28.8 Å². The van der Waals surface area contributed by atoms with E-state index in [-0.39, 0.29) is 12.0 Å². The molecule has 4 aromatic rings. The Kier molecular flexibility index (Phi) is 4.12.